The van der Waals surface area contributed by atoms with Gasteiger partial charge in [0.25, 0.3) is 0 Å². The van der Waals surface area contributed by atoms with E-state index in [9.17, 15) is 9.50 Å². The number of aliphatic hydroxyl groups is 1. The van der Waals surface area contributed by atoms with Crippen molar-refractivity contribution in [1.82, 2.24) is 0 Å². The van der Waals surface area contributed by atoms with Crippen molar-refractivity contribution < 1.29 is 9.50 Å². The molecule has 0 aromatic heterocycles. The van der Waals surface area contributed by atoms with Crippen molar-refractivity contribution in [3.63, 3.8) is 0 Å². The molecule has 0 amide bonds. The van der Waals surface area contributed by atoms with Crippen molar-refractivity contribution in [2.45, 2.75) is 56.7 Å². The molecule has 1 fully saturated rings. The van der Waals surface area contributed by atoms with Crippen LogP contribution >= 0.6 is 0 Å². The van der Waals surface area contributed by atoms with Gasteiger partial charge in [0.15, 0.2) is 0 Å². The molecule has 0 aromatic carbocycles. The van der Waals surface area contributed by atoms with Gasteiger partial charge < -0.3 is 5.11 Å². The van der Waals surface area contributed by atoms with Crippen LogP contribution in [0.3, 0.4) is 0 Å². The van der Waals surface area contributed by atoms with Gasteiger partial charge in [-0.05, 0) is 44.1 Å². The molecule has 2 aliphatic rings. The van der Waals surface area contributed by atoms with Gasteiger partial charge in [0.2, 0.25) is 0 Å². The van der Waals surface area contributed by atoms with Crippen LogP contribution in [-0.4, -0.2) is 16.9 Å². The average molecular weight is 184 g/mol. The summed E-state index contributed by atoms with van der Waals surface area (Å²) in [5.41, 5.74) is -0.170. The quantitative estimate of drug-likeness (QED) is 0.574. The predicted molar refractivity (Wildman–Crippen MR) is 50.2 cm³/mol. The van der Waals surface area contributed by atoms with Crippen LogP contribution in [0.1, 0.15) is 44.9 Å². The van der Waals surface area contributed by atoms with Gasteiger partial charge in [-0.25, -0.2) is 4.39 Å². The summed E-state index contributed by atoms with van der Waals surface area (Å²) < 4.78 is 13.9. The lowest BCUT2D eigenvalue weighted by atomic mass is 9.88. The van der Waals surface area contributed by atoms with Crippen molar-refractivity contribution in [2.75, 3.05) is 0 Å². The molecular formula is C11H17FO. The van der Waals surface area contributed by atoms with Gasteiger partial charge in [0.05, 0.1) is 5.60 Å². The Balaban J connectivity index is 2.29. The van der Waals surface area contributed by atoms with E-state index in [-0.39, 0.29) is 0 Å². The molecule has 0 aromatic rings. The molecule has 1 nitrogen and oxygen atoms in total. The van der Waals surface area contributed by atoms with Gasteiger partial charge in [-0.1, -0.05) is 12.5 Å². The topological polar surface area (TPSA) is 20.2 Å². The Labute approximate surface area is 78.6 Å². The Bertz CT molecular complexity index is 224. The van der Waals surface area contributed by atoms with E-state index in [1.54, 1.807) is 0 Å². The molecule has 74 valence electrons. The fourth-order valence-electron chi connectivity index (χ4n) is 2.51. The smallest absolute Gasteiger partial charge is 0.150 e. The molecule has 2 atom stereocenters. The third-order valence-corrected chi connectivity index (χ3v) is 3.34. The molecule has 0 saturated heterocycles. The monoisotopic (exact) mass is 184 g/mol. The minimum atomic E-state index is -1.09. The van der Waals surface area contributed by atoms with Crippen LogP contribution < -0.4 is 0 Å². The van der Waals surface area contributed by atoms with Crippen LogP contribution in [0.2, 0.25) is 0 Å². The van der Waals surface area contributed by atoms with E-state index >= 15 is 0 Å². The van der Waals surface area contributed by atoms with Crippen LogP contribution in [0.4, 0.5) is 4.39 Å². The highest BCUT2D eigenvalue weighted by Crippen LogP contribution is 2.39. The summed E-state index contributed by atoms with van der Waals surface area (Å²) in [5, 5.41) is 10.1. The lowest BCUT2D eigenvalue weighted by Gasteiger charge is -2.29. The normalized spacial score (nSPS) is 40.5. The highest BCUT2D eigenvalue weighted by atomic mass is 19.1. The first-order valence-corrected chi connectivity index (χ1v) is 5.28. The SMILES string of the molecule is OC12CCCC=C(CCCC1)C2F. The summed E-state index contributed by atoms with van der Waals surface area (Å²) in [7, 11) is 0. The van der Waals surface area contributed by atoms with E-state index in [0.717, 1.165) is 37.7 Å². The van der Waals surface area contributed by atoms with E-state index in [0.29, 0.717) is 12.8 Å². The predicted octanol–water partition coefficient (Wildman–Crippen LogP) is 2.74. The van der Waals surface area contributed by atoms with Crippen LogP contribution in [0.15, 0.2) is 11.6 Å². The van der Waals surface area contributed by atoms with Gasteiger partial charge in [0, 0.05) is 0 Å². The van der Waals surface area contributed by atoms with Crippen molar-refractivity contribution >= 4 is 0 Å². The maximum atomic E-state index is 13.9. The van der Waals surface area contributed by atoms with Crippen LogP contribution in [0.25, 0.3) is 0 Å². The number of alkyl halides is 1. The first-order chi connectivity index (χ1) is 6.22. The number of allylic oxidation sites excluding steroid dienone is 1. The number of fused-ring (bicyclic) bond motifs is 2. The zero-order valence-corrected chi connectivity index (χ0v) is 7.93. The Morgan fingerprint density at radius 3 is 2.92 bits per heavy atom. The molecule has 0 spiro atoms. The summed E-state index contributed by atoms with van der Waals surface area (Å²) in [6, 6.07) is 0. The minimum Gasteiger partial charge on any atom is -0.386 e. The van der Waals surface area contributed by atoms with Crippen molar-refractivity contribution in [3.8, 4) is 0 Å². The summed E-state index contributed by atoms with van der Waals surface area (Å²) >= 11 is 0. The number of hydrogen-bond acceptors (Lipinski definition) is 1. The molecule has 1 saturated carbocycles. The molecule has 2 rings (SSSR count). The highest BCUT2D eigenvalue weighted by molar-refractivity contribution is 5.18. The van der Waals surface area contributed by atoms with Crippen molar-refractivity contribution in [2.24, 2.45) is 0 Å². The number of halogens is 1. The van der Waals surface area contributed by atoms with Crippen molar-refractivity contribution in [1.29, 1.82) is 0 Å². The molecule has 0 radical (unpaired) electrons. The molecule has 13 heavy (non-hydrogen) atoms. The van der Waals surface area contributed by atoms with E-state index in [1.807, 2.05) is 6.08 Å². The largest absolute Gasteiger partial charge is 0.386 e. The zero-order valence-electron chi connectivity index (χ0n) is 7.93. The summed E-state index contributed by atoms with van der Waals surface area (Å²) in [4.78, 5) is 0. The molecule has 1 N–H and O–H groups in total. The highest BCUT2D eigenvalue weighted by Gasteiger charge is 2.40. The Morgan fingerprint density at radius 2 is 2.08 bits per heavy atom. The third-order valence-electron chi connectivity index (χ3n) is 3.34. The van der Waals surface area contributed by atoms with E-state index in [4.69, 9.17) is 0 Å². The second kappa shape index (κ2) is 3.41. The van der Waals surface area contributed by atoms with Gasteiger partial charge in [0.1, 0.15) is 6.17 Å². The van der Waals surface area contributed by atoms with Crippen LogP contribution in [0, 0.1) is 0 Å². The molecule has 2 aliphatic carbocycles. The second-order valence-corrected chi connectivity index (χ2v) is 4.34. The van der Waals surface area contributed by atoms with Gasteiger partial charge in [-0.3, -0.25) is 0 Å². The number of hydrogen-bond donors (Lipinski definition) is 1. The minimum absolute atomic E-state index is 0.633. The maximum absolute atomic E-state index is 13.9. The summed E-state index contributed by atoms with van der Waals surface area (Å²) in [6.07, 6.45) is 6.93. The zero-order chi connectivity index (χ0) is 9.31. The van der Waals surface area contributed by atoms with Crippen LogP contribution in [0.5, 0.6) is 0 Å². The maximum Gasteiger partial charge on any atom is 0.150 e. The van der Waals surface area contributed by atoms with E-state index < -0.39 is 11.8 Å². The van der Waals surface area contributed by atoms with Gasteiger partial charge in [-0.15, -0.1) is 0 Å². The fraction of sp³-hybridized carbons (Fsp3) is 0.818. The molecule has 0 heterocycles. The Hall–Kier alpha value is -0.370. The Kier molecular flexibility index (Phi) is 2.41. The molecule has 0 aliphatic heterocycles. The summed E-state index contributed by atoms with van der Waals surface area (Å²) in [6.45, 7) is 0. The standard InChI is InChI=1S/C11H17FO/c12-10-9-5-1-3-7-11(10,13)8-4-2-6-9/h5,10,13H,1-4,6-8H2. The first-order valence-electron chi connectivity index (χ1n) is 5.28. The average Bonchev–Trinajstić information content (AvgIpc) is 2.34. The van der Waals surface area contributed by atoms with Crippen molar-refractivity contribution in [3.05, 3.63) is 11.6 Å². The molecule has 2 bridgehead atoms. The molecule has 2 heteroatoms. The number of rotatable bonds is 0. The van der Waals surface area contributed by atoms with E-state index in [2.05, 4.69) is 0 Å². The van der Waals surface area contributed by atoms with Crippen LogP contribution in [-0.2, 0) is 0 Å². The van der Waals surface area contributed by atoms with E-state index in [1.165, 1.54) is 0 Å². The van der Waals surface area contributed by atoms with Gasteiger partial charge >= 0.3 is 0 Å². The Morgan fingerprint density at radius 1 is 1.31 bits per heavy atom. The first kappa shape index (κ1) is 9.20. The summed E-state index contributed by atoms with van der Waals surface area (Å²) in [5.74, 6) is 0. The molecule has 2 unspecified atom stereocenters. The lowest BCUT2D eigenvalue weighted by Crippen LogP contribution is -2.38. The third kappa shape index (κ3) is 1.64. The lowest BCUT2D eigenvalue weighted by molar-refractivity contribution is -0.0313. The second-order valence-electron chi connectivity index (χ2n) is 4.34. The molecular weight excluding hydrogens is 167 g/mol. The van der Waals surface area contributed by atoms with Gasteiger partial charge in [-0.2, -0.15) is 0 Å². The fourth-order valence-corrected chi connectivity index (χ4v) is 2.51.